The summed E-state index contributed by atoms with van der Waals surface area (Å²) < 4.78 is 0. The molecule has 1 atom stereocenters. The van der Waals surface area contributed by atoms with Crippen molar-refractivity contribution in [2.75, 3.05) is 0 Å². The molecule has 0 nitrogen and oxygen atoms in total. The van der Waals surface area contributed by atoms with Gasteiger partial charge in [0.25, 0.3) is 0 Å². The zero-order chi connectivity index (χ0) is 15.3. The average molecular weight is 307 g/mol. The van der Waals surface area contributed by atoms with Crippen LogP contribution in [0.1, 0.15) is 88.6 Å². The first kappa shape index (κ1) is 16.9. The number of benzene rings is 1. The molecule has 0 heterocycles. The molecule has 0 radical (unpaired) electrons. The molecule has 0 aliphatic heterocycles. The maximum absolute atomic E-state index is 6.63. The van der Waals surface area contributed by atoms with Crippen molar-refractivity contribution in [2.24, 2.45) is 5.92 Å². The summed E-state index contributed by atoms with van der Waals surface area (Å²) in [7, 11) is 0. The molecule has 1 heteroatoms. The van der Waals surface area contributed by atoms with E-state index in [1.807, 2.05) is 0 Å². The summed E-state index contributed by atoms with van der Waals surface area (Å²) in [5.41, 5.74) is 2.98. The first-order valence-electron chi connectivity index (χ1n) is 8.77. The number of halogens is 1. The third-order valence-corrected chi connectivity index (χ3v) is 5.96. The highest BCUT2D eigenvalue weighted by Gasteiger charge is 2.19. The van der Waals surface area contributed by atoms with Crippen LogP contribution in [0, 0.1) is 5.92 Å². The molecule has 1 fully saturated rings. The van der Waals surface area contributed by atoms with Crippen molar-refractivity contribution < 1.29 is 0 Å². The van der Waals surface area contributed by atoms with E-state index in [1.54, 1.807) is 0 Å². The van der Waals surface area contributed by atoms with Crippen LogP contribution < -0.4 is 0 Å². The van der Waals surface area contributed by atoms with Gasteiger partial charge in [0, 0.05) is 0 Å². The third-order valence-electron chi connectivity index (χ3n) is 5.49. The van der Waals surface area contributed by atoms with E-state index in [4.69, 9.17) is 11.6 Å². The smallest absolute Gasteiger partial charge is 0.0585 e. The Balaban J connectivity index is 1.88. The summed E-state index contributed by atoms with van der Waals surface area (Å²) in [6.07, 6.45) is 10.7. The molecule has 1 saturated carbocycles. The van der Waals surface area contributed by atoms with Gasteiger partial charge in [0.1, 0.15) is 0 Å². The molecule has 1 aliphatic carbocycles. The Kier molecular flexibility index (Phi) is 6.17. The summed E-state index contributed by atoms with van der Waals surface area (Å²) >= 11 is 6.63. The molecular weight excluding hydrogens is 276 g/mol. The predicted octanol–water partition coefficient (Wildman–Crippen LogP) is 7.01. The lowest BCUT2D eigenvalue weighted by atomic mass is 9.81. The van der Waals surface area contributed by atoms with Crippen LogP contribution in [0.25, 0.3) is 0 Å². The summed E-state index contributed by atoms with van der Waals surface area (Å²) in [6, 6.07) is 9.03. The summed E-state index contributed by atoms with van der Waals surface area (Å²) in [4.78, 5) is 0. The molecule has 1 aliphatic rings. The Morgan fingerprint density at radius 2 is 1.71 bits per heavy atom. The summed E-state index contributed by atoms with van der Waals surface area (Å²) in [6.45, 7) is 6.87. The number of hydrogen-bond acceptors (Lipinski definition) is 0. The SMILES string of the molecule is CCC(C)(C)c1ccc(C(Cl)CCC2CCCCC2)cc1. The number of hydrogen-bond donors (Lipinski definition) is 0. The Bertz CT molecular complexity index is 412. The lowest BCUT2D eigenvalue weighted by molar-refractivity contribution is 0.331. The largest absolute Gasteiger partial charge is 0.118 e. The van der Waals surface area contributed by atoms with Gasteiger partial charge in [-0.25, -0.2) is 0 Å². The Hall–Kier alpha value is -0.490. The Morgan fingerprint density at radius 1 is 1.10 bits per heavy atom. The van der Waals surface area contributed by atoms with Crippen molar-refractivity contribution in [3.63, 3.8) is 0 Å². The van der Waals surface area contributed by atoms with Crippen LogP contribution in [0.2, 0.25) is 0 Å². The zero-order valence-electron chi connectivity index (χ0n) is 14.0. The highest BCUT2D eigenvalue weighted by molar-refractivity contribution is 6.20. The van der Waals surface area contributed by atoms with Crippen molar-refractivity contribution in [1.82, 2.24) is 0 Å². The lowest BCUT2D eigenvalue weighted by Crippen LogP contribution is -2.15. The van der Waals surface area contributed by atoms with Crippen LogP contribution in [0.4, 0.5) is 0 Å². The molecule has 0 amide bonds. The fourth-order valence-corrected chi connectivity index (χ4v) is 3.64. The van der Waals surface area contributed by atoms with Gasteiger partial charge in [-0.2, -0.15) is 0 Å². The first-order chi connectivity index (χ1) is 10.0. The van der Waals surface area contributed by atoms with Gasteiger partial charge in [0.15, 0.2) is 0 Å². The maximum Gasteiger partial charge on any atom is 0.0585 e. The van der Waals surface area contributed by atoms with E-state index in [0.29, 0.717) is 0 Å². The molecule has 2 rings (SSSR count). The third kappa shape index (κ3) is 4.74. The topological polar surface area (TPSA) is 0 Å². The minimum absolute atomic E-state index is 0.186. The van der Waals surface area contributed by atoms with Crippen molar-refractivity contribution in [2.45, 2.75) is 82.9 Å². The molecular formula is C20H31Cl. The minimum atomic E-state index is 0.186. The summed E-state index contributed by atoms with van der Waals surface area (Å²) in [5, 5.41) is 0.186. The molecule has 0 spiro atoms. The van der Waals surface area contributed by atoms with Gasteiger partial charge in [-0.15, -0.1) is 11.6 Å². The Labute approximate surface area is 136 Å². The van der Waals surface area contributed by atoms with Gasteiger partial charge in [-0.1, -0.05) is 77.1 Å². The molecule has 1 aromatic rings. The van der Waals surface area contributed by atoms with E-state index < -0.39 is 0 Å². The second kappa shape index (κ2) is 7.68. The van der Waals surface area contributed by atoms with Crippen molar-refractivity contribution in [3.8, 4) is 0 Å². The Morgan fingerprint density at radius 3 is 2.29 bits per heavy atom. The fourth-order valence-electron chi connectivity index (χ4n) is 3.37. The number of rotatable bonds is 6. The van der Waals surface area contributed by atoms with E-state index in [2.05, 4.69) is 45.0 Å². The monoisotopic (exact) mass is 306 g/mol. The lowest BCUT2D eigenvalue weighted by Gasteiger charge is -2.24. The van der Waals surface area contributed by atoms with E-state index >= 15 is 0 Å². The van der Waals surface area contributed by atoms with Gasteiger partial charge in [0.05, 0.1) is 5.38 Å². The fraction of sp³-hybridized carbons (Fsp3) is 0.700. The van der Waals surface area contributed by atoms with E-state index in [0.717, 1.165) is 12.3 Å². The highest BCUT2D eigenvalue weighted by Crippen LogP contribution is 2.34. The van der Waals surface area contributed by atoms with E-state index in [1.165, 1.54) is 56.1 Å². The van der Waals surface area contributed by atoms with Gasteiger partial charge < -0.3 is 0 Å². The second-order valence-electron chi connectivity index (χ2n) is 7.41. The van der Waals surface area contributed by atoms with Crippen molar-refractivity contribution in [1.29, 1.82) is 0 Å². The molecule has 0 N–H and O–H groups in total. The van der Waals surface area contributed by atoms with Crippen LogP contribution in [0.5, 0.6) is 0 Å². The molecule has 0 bridgehead atoms. The summed E-state index contributed by atoms with van der Waals surface area (Å²) in [5.74, 6) is 0.929. The van der Waals surface area contributed by atoms with Crippen LogP contribution in [-0.2, 0) is 5.41 Å². The van der Waals surface area contributed by atoms with Gasteiger partial charge in [-0.05, 0) is 41.7 Å². The van der Waals surface area contributed by atoms with Crippen molar-refractivity contribution in [3.05, 3.63) is 35.4 Å². The molecule has 0 saturated heterocycles. The predicted molar refractivity (Wildman–Crippen MR) is 94.2 cm³/mol. The second-order valence-corrected chi connectivity index (χ2v) is 7.94. The maximum atomic E-state index is 6.63. The zero-order valence-corrected chi connectivity index (χ0v) is 14.8. The van der Waals surface area contributed by atoms with Gasteiger partial charge in [-0.3, -0.25) is 0 Å². The minimum Gasteiger partial charge on any atom is -0.118 e. The average Bonchev–Trinajstić information content (AvgIpc) is 2.53. The normalized spacial score (nSPS) is 18.7. The van der Waals surface area contributed by atoms with Crippen LogP contribution in [0.3, 0.4) is 0 Å². The van der Waals surface area contributed by atoms with E-state index in [-0.39, 0.29) is 10.8 Å². The molecule has 0 aromatic heterocycles. The number of alkyl halides is 1. The van der Waals surface area contributed by atoms with Gasteiger partial charge in [0.2, 0.25) is 0 Å². The van der Waals surface area contributed by atoms with E-state index in [9.17, 15) is 0 Å². The molecule has 1 unspecified atom stereocenters. The molecule has 1 aromatic carbocycles. The van der Waals surface area contributed by atoms with Gasteiger partial charge >= 0.3 is 0 Å². The molecule has 21 heavy (non-hydrogen) atoms. The highest BCUT2D eigenvalue weighted by atomic mass is 35.5. The van der Waals surface area contributed by atoms with Crippen molar-refractivity contribution >= 4 is 11.6 Å². The first-order valence-corrected chi connectivity index (χ1v) is 9.21. The van der Waals surface area contributed by atoms with Crippen LogP contribution in [0.15, 0.2) is 24.3 Å². The standard InChI is InChI=1S/C20H31Cl/c1-4-20(2,3)18-13-11-17(12-14-18)19(21)15-10-16-8-6-5-7-9-16/h11-14,16,19H,4-10,15H2,1-3H3. The quantitative estimate of drug-likeness (QED) is 0.496. The molecule has 118 valence electrons. The van der Waals surface area contributed by atoms with Crippen LogP contribution in [-0.4, -0.2) is 0 Å². The van der Waals surface area contributed by atoms with Crippen LogP contribution >= 0.6 is 11.6 Å².